The topological polar surface area (TPSA) is 85.1 Å². The van der Waals surface area contributed by atoms with Gasteiger partial charge in [0.2, 0.25) is 0 Å². The van der Waals surface area contributed by atoms with E-state index in [2.05, 4.69) is 26.2 Å². The van der Waals surface area contributed by atoms with Crippen molar-refractivity contribution in [3.8, 4) is 11.3 Å². The van der Waals surface area contributed by atoms with Crippen molar-refractivity contribution in [1.29, 1.82) is 0 Å². The Morgan fingerprint density at radius 1 is 1.21 bits per heavy atom. The summed E-state index contributed by atoms with van der Waals surface area (Å²) in [6.45, 7) is 0. The van der Waals surface area contributed by atoms with E-state index in [-0.39, 0.29) is 11.3 Å². The predicted molar refractivity (Wildman–Crippen MR) is 96.3 cm³/mol. The number of aromatic nitrogens is 1. The Labute approximate surface area is 149 Å². The van der Waals surface area contributed by atoms with Gasteiger partial charge in [-0.3, -0.25) is 20.2 Å². The van der Waals surface area contributed by atoms with Gasteiger partial charge in [-0.15, -0.1) is 11.3 Å². The number of nitro benzene ring substituents is 1. The summed E-state index contributed by atoms with van der Waals surface area (Å²) in [6.07, 6.45) is 0. The highest BCUT2D eigenvalue weighted by atomic mass is 79.9. The smallest absolute Gasteiger partial charge is 0.282 e. The summed E-state index contributed by atoms with van der Waals surface area (Å²) in [6, 6.07) is 13.4. The molecular weight excluding hydrogens is 394 g/mol. The number of thiazole rings is 1. The second-order valence-electron chi connectivity index (χ2n) is 4.78. The van der Waals surface area contributed by atoms with Crippen LogP contribution in [0.3, 0.4) is 0 Å². The quantitative estimate of drug-likeness (QED) is 0.503. The van der Waals surface area contributed by atoms with Crippen LogP contribution in [-0.4, -0.2) is 15.8 Å². The molecule has 1 amide bonds. The van der Waals surface area contributed by atoms with Gasteiger partial charge in [0.15, 0.2) is 5.13 Å². The molecule has 0 atom stereocenters. The molecule has 0 fully saturated rings. The van der Waals surface area contributed by atoms with Crippen LogP contribution in [0.5, 0.6) is 0 Å². The number of rotatable bonds is 4. The zero-order chi connectivity index (χ0) is 17.1. The van der Waals surface area contributed by atoms with Crippen LogP contribution in [0, 0.1) is 10.1 Å². The van der Waals surface area contributed by atoms with Gasteiger partial charge in [0.25, 0.3) is 11.6 Å². The number of para-hydroxylation sites is 1. The van der Waals surface area contributed by atoms with Crippen molar-refractivity contribution in [3.63, 3.8) is 0 Å². The van der Waals surface area contributed by atoms with Gasteiger partial charge in [0, 0.05) is 21.5 Å². The van der Waals surface area contributed by atoms with Gasteiger partial charge in [-0.1, -0.05) is 40.2 Å². The maximum Gasteiger partial charge on any atom is 0.282 e. The number of carbonyl (C=O) groups excluding carboxylic acids is 1. The van der Waals surface area contributed by atoms with Crippen LogP contribution in [0.1, 0.15) is 10.4 Å². The lowest BCUT2D eigenvalue weighted by Gasteiger charge is -2.02. The minimum atomic E-state index is -0.580. The van der Waals surface area contributed by atoms with E-state index < -0.39 is 10.8 Å². The number of hydrogen-bond donors (Lipinski definition) is 1. The van der Waals surface area contributed by atoms with E-state index in [1.807, 2.05) is 29.6 Å². The lowest BCUT2D eigenvalue weighted by molar-refractivity contribution is -0.385. The molecule has 0 saturated carbocycles. The third kappa shape index (κ3) is 3.50. The average molecular weight is 404 g/mol. The van der Waals surface area contributed by atoms with Crippen molar-refractivity contribution in [2.45, 2.75) is 0 Å². The van der Waals surface area contributed by atoms with Crippen LogP contribution in [0.15, 0.2) is 58.4 Å². The number of hydrogen-bond acceptors (Lipinski definition) is 5. The molecule has 0 saturated heterocycles. The molecule has 120 valence electrons. The summed E-state index contributed by atoms with van der Waals surface area (Å²) in [5.74, 6) is -0.558. The summed E-state index contributed by atoms with van der Waals surface area (Å²) in [5, 5.41) is 15.8. The van der Waals surface area contributed by atoms with Crippen LogP contribution >= 0.6 is 27.3 Å². The first-order valence-electron chi connectivity index (χ1n) is 6.81. The SMILES string of the molecule is O=C(Nc1nc(-c2cccc(Br)c2)cs1)c1ccccc1[N+](=O)[O-]. The Hall–Kier alpha value is -2.58. The van der Waals surface area contributed by atoms with E-state index >= 15 is 0 Å². The largest absolute Gasteiger partial charge is 0.298 e. The zero-order valence-electron chi connectivity index (χ0n) is 12.1. The van der Waals surface area contributed by atoms with Gasteiger partial charge in [-0.25, -0.2) is 4.98 Å². The summed E-state index contributed by atoms with van der Waals surface area (Å²) in [4.78, 5) is 27.1. The molecular formula is C16H10BrN3O3S. The first-order valence-corrected chi connectivity index (χ1v) is 8.48. The van der Waals surface area contributed by atoms with E-state index in [1.54, 1.807) is 6.07 Å². The first-order chi connectivity index (χ1) is 11.5. The van der Waals surface area contributed by atoms with E-state index in [0.717, 1.165) is 15.7 Å². The molecule has 24 heavy (non-hydrogen) atoms. The monoisotopic (exact) mass is 403 g/mol. The fourth-order valence-electron chi connectivity index (χ4n) is 2.10. The number of amides is 1. The van der Waals surface area contributed by atoms with Crippen LogP contribution in [0.2, 0.25) is 0 Å². The molecule has 0 aliphatic carbocycles. The molecule has 6 nitrogen and oxygen atoms in total. The fraction of sp³-hybridized carbons (Fsp3) is 0. The van der Waals surface area contributed by atoms with E-state index in [4.69, 9.17) is 0 Å². The third-order valence-electron chi connectivity index (χ3n) is 3.19. The van der Waals surface area contributed by atoms with Gasteiger partial charge in [0.1, 0.15) is 5.56 Å². The fourth-order valence-corrected chi connectivity index (χ4v) is 3.21. The number of benzene rings is 2. The van der Waals surface area contributed by atoms with Crippen molar-refractivity contribution in [3.05, 3.63) is 74.1 Å². The van der Waals surface area contributed by atoms with Crippen LogP contribution in [0.25, 0.3) is 11.3 Å². The highest BCUT2D eigenvalue weighted by Gasteiger charge is 2.20. The maximum absolute atomic E-state index is 12.3. The second-order valence-corrected chi connectivity index (χ2v) is 6.55. The molecule has 0 unspecified atom stereocenters. The predicted octanol–water partition coefficient (Wildman–Crippen LogP) is 4.73. The lowest BCUT2D eigenvalue weighted by atomic mass is 10.1. The first kappa shape index (κ1) is 16.3. The Morgan fingerprint density at radius 3 is 2.75 bits per heavy atom. The summed E-state index contributed by atoms with van der Waals surface area (Å²) in [7, 11) is 0. The molecule has 0 bridgehead atoms. The van der Waals surface area contributed by atoms with Gasteiger partial charge in [0.05, 0.1) is 10.6 Å². The molecule has 1 aromatic heterocycles. The lowest BCUT2D eigenvalue weighted by Crippen LogP contribution is -2.13. The average Bonchev–Trinajstić information content (AvgIpc) is 3.03. The minimum Gasteiger partial charge on any atom is -0.298 e. The standard InChI is InChI=1S/C16H10BrN3O3S/c17-11-5-3-4-10(8-11)13-9-24-16(18-13)19-15(21)12-6-1-2-7-14(12)20(22)23/h1-9H,(H,18,19,21). The van der Waals surface area contributed by atoms with E-state index in [9.17, 15) is 14.9 Å². The van der Waals surface area contributed by atoms with E-state index in [0.29, 0.717) is 5.13 Å². The van der Waals surface area contributed by atoms with Crippen LogP contribution in [-0.2, 0) is 0 Å². The molecule has 0 aliphatic rings. The van der Waals surface area contributed by atoms with Crippen molar-refractivity contribution >= 4 is 44.0 Å². The number of halogens is 1. The van der Waals surface area contributed by atoms with Gasteiger partial charge in [-0.2, -0.15) is 0 Å². The Balaban J connectivity index is 1.83. The molecule has 2 aromatic carbocycles. The molecule has 0 radical (unpaired) electrons. The van der Waals surface area contributed by atoms with Crippen molar-refractivity contribution in [2.75, 3.05) is 5.32 Å². The van der Waals surface area contributed by atoms with Gasteiger partial charge < -0.3 is 0 Å². The number of nitrogens with zero attached hydrogens (tertiary/aromatic N) is 2. The summed E-state index contributed by atoms with van der Waals surface area (Å²) >= 11 is 4.66. The highest BCUT2D eigenvalue weighted by molar-refractivity contribution is 9.10. The number of nitrogens with one attached hydrogen (secondary N) is 1. The molecule has 0 aliphatic heterocycles. The Bertz CT molecular complexity index is 926. The normalized spacial score (nSPS) is 10.4. The van der Waals surface area contributed by atoms with Crippen molar-refractivity contribution in [2.24, 2.45) is 0 Å². The van der Waals surface area contributed by atoms with Crippen LogP contribution < -0.4 is 5.32 Å². The van der Waals surface area contributed by atoms with Crippen LogP contribution in [0.4, 0.5) is 10.8 Å². The Morgan fingerprint density at radius 2 is 2.00 bits per heavy atom. The zero-order valence-corrected chi connectivity index (χ0v) is 14.5. The summed E-state index contributed by atoms with van der Waals surface area (Å²) in [5.41, 5.74) is 1.39. The molecule has 3 aromatic rings. The third-order valence-corrected chi connectivity index (χ3v) is 4.44. The highest BCUT2D eigenvalue weighted by Crippen LogP contribution is 2.27. The van der Waals surface area contributed by atoms with Gasteiger partial charge in [-0.05, 0) is 18.2 Å². The second kappa shape index (κ2) is 6.90. The Kier molecular flexibility index (Phi) is 4.68. The molecule has 0 spiro atoms. The number of carbonyl (C=O) groups is 1. The minimum absolute atomic E-state index is 0.00158. The maximum atomic E-state index is 12.3. The number of anilines is 1. The van der Waals surface area contributed by atoms with Gasteiger partial charge >= 0.3 is 0 Å². The molecule has 8 heteroatoms. The van der Waals surface area contributed by atoms with Crippen molar-refractivity contribution in [1.82, 2.24) is 4.98 Å². The molecule has 3 rings (SSSR count). The summed E-state index contributed by atoms with van der Waals surface area (Å²) < 4.78 is 0.929. The molecule has 1 heterocycles. The van der Waals surface area contributed by atoms with Crippen molar-refractivity contribution < 1.29 is 9.72 Å². The molecule has 1 N–H and O–H groups in total. The van der Waals surface area contributed by atoms with E-state index in [1.165, 1.54) is 29.5 Å². The number of nitro groups is 1.